The van der Waals surface area contributed by atoms with Crippen molar-refractivity contribution < 1.29 is 17.9 Å². The molecule has 1 aromatic carbocycles. The average Bonchev–Trinajstić information content (AvgIpc) is 2.60. The molecule has 1 saturated heterocycles. The van der Waals surface area contributed by atoms with Crippen LogP contribution in [0.4, 0.5) is 4.39 Å². The van der Waals surface area contributed by atoms with Crippen LogP contribution in [0.5, 0.6) is 5.75 Å². The number of alkyl halides is 1. The number of rotatable bonds is 2. The van der Waals surface area contributed by atoms with Crippen molar-refractivity contribution in [3.63, 3.8) is 0 Å². The van der Waals surface area contributed by atoms with Crippen LogP contribution in [-0.4, -0.2) is 25.0 Å². The first-order chi connectivity index (χ1) is 7.83. The summed E-state index contributed by atoms with van der Waals surface area (Å²) in [5.74, 6) is -0.818. The highest BCUT2D eigenvalue weighted by Crippen LogP contribution is 2.43. The van der Waals surface area contributed by atoms with Crippen molar-refractivity contribution in [3.8, 4) is 5.75 Å². The molecule has 0 aromatic heterocycles. The fourth-order valence-corrected chi connectivity index (χ4v) is 4.23. The standard InChI is InChI=1S/C12H15FO3S/c1-12(13,9-6-7-17(15,16)8-9)10-4-2-3-5-11(10)14/h2-5,9,14H,6-8H2,1H3. The fourth-order valence-electron chi connectivity index (χ4n) is 2.33. The summed E-state index contributed by atoms with van der Waals surface area (Å²) in [4.78, 5) is 0. The predicted octanol–water partition coefficient (Wildman–Crippen LogP) is 2.01. The molecule has 0 bridgehead atoms. The first-order valence-corrected chi connectivity index (χ1v) is 7.33. The third kappa shape index (κ3) is 2.29. The first kappa shape index (κ1) is 12.4. The van der Waals surface area contributed by atoms with Gasteiger partial charge in [0.1, 0.15) is 11.4 Å². The van der Waals surface area contributed by atoms with Gasteiger partial charge in [0, 0.05) is 11.5 Å². The topological polar surface area (TPSA) is 54.4 Å². The number of phenols is 1. The maximum Gasteiger partial charge on any atom is 0.150 e. The second-order valence-electron chi connectivity index (χ2n) is 4.69. The summed E-state index contributed by atoms with van der Waals surface area (Å²) >= 11 is 0. The van der Waals surface area contributed by atoms with Crippen molar-refractivity contribution in [1.29, 1.82) is 0 Å². The van der Waals surface area contributed by atoms with Crippen molar-refractivity contribution in [2.45, 2.75) is 19.0 Å². The minimum Gasteiger partial charge on any atom is -0.508 e. The highest BCUT2D eigenvalue weighted by molar-refractivity contribution is 7.91. The van der Waals surface area contributed by atoms with Crippen LogP contribution in [0.15, 0.2) is 24.3 Å². The van der Waals surface area contributed by atoms with Gasteiger partial charge in [0.2, 0.25) is 0 Å². The van der Waals surface area contributed by atoms with Gasteiger partial charge in [0.15, 0.2) is 9.84 Å². The molecule has 1 N–H and O–H groups in total. The summed E-state index contributed by atoms with van der Waals surface area (Å²) in [6.45, 7) is 1.34. The van der Waals surface area contributed by atoms with Crippen LogP contribution in [0.2, 0.25) is 0 Å². The molecule has 0 spiro atoms. The fraction of sp³-hybridized carbons (Fsp3) is 0.500. The van der Waals surface area contributed by atoms with E-state index in [-0.39, 0.29) is 22.8 Å². The number of hydrogen-bond donors (Lipinski definition) is 1. The molecule has 0 aliphatic carbocycles. The van der Waals surface area contributed by atoms with Crippen LogP contribution in [-0.2, 0) is 15.5 Å². The first-order valence-electron chi connectivity index (χ1n) is 5.51. The predicted molar refractivity (Wildman–Crippen MR) is 63.3 cm³/mol. The number of para-hydroxylation sites is 1. The van der Waals surface area contributed by atoms with Crippen LogP contribution >= 0.6 is 0 Å². The molecule has 3 nitrogen and oxygen atoms in total. The van der Waals surface area contributed by atoms with Crippen LogP contribution < -0.4 is 0 Å². The van der Waals surface area contributed by atoms with Gasteiger partial charge in [-0.05, 0) is 19.4 Å². The van der Waals surface area contributed by atoms with Gasteiger partial charge < -0.3 is 5.11 Å². The van der Waals surface area contributed by atoms with E-state index in [0.29, 0.717) is 6.42 Å². The molecular formula is C12H15FO3S. The van der Waals surface area contributed by atoms with Gasteiger partial charge in [0.05, 0.1) is 11.5 Å². The van der Waals surface area contributed by atoms with E-state index in [9.17, 15) is 17.9 Å². The Morgan fingerprint density at radius 3 is 2.59 bits per heavy atom. The molecule has 1 heterocycles. The third-order valence-electron chi connectivity index (χ3n) is 3.43. The van der Waals surface area contributed by atoms with Crippen molar-refractivity contribution in [1.82, 2.24) is 0 Å². The maximum atomic E-state index is 14.7. The van der Waals surface area contributed by atoms with Crippen LogP contribution in [0, 0.1) is 5.92 Å². The highest BCUT2D eigenvalue weighted by atomic mass is 32.2. The van der Waals surface area contributed by atoms with E-state index in [4.69, 9.17) is 0 Å². The summed E-state index contributed by atoms with van der Waals surface area (Å²) in [5, 5.41) is 9.65. The lowest BCUT2D eigenvalue weighted by atomic mass is 9.84. The SMILES string of the molecule is CC(F)(c1ccccc1O)C1CCS(=O)(=O)C1. The van der Waals surface area contributed by atoms with E-state index in [1.165, 1.54) is 19.1 Å². The minimum absolute atomic E-state index is 0.0325. The molecule has 17 heavy (non-hydrogen) atoms. The van der Waals surface area contributed by atoms with E-state index in [1.54, 1.807) is 12.1 Å². The smallest absolute Gasteiger partial charge is 0.150 e. The van der Waals surface area contributed by atoms with E-state index in [1.807, 2.05) is 0 Å². The van der Waals surface area contributed by atoms with Gasteiger partial charge in [-0.15, -0.1) is 0 Å². The summed E-state index contributed by atoms with van der Waals surface area (Å²) in [6.07, 6.45) is 0.309. The van der Waals surface area contributed by atoms with E-state index < -0.39 is 21.4 Å². The molecule has 0 radical (unpaired) electrons. The zero-order valence-electron chi connectivity index (χ0n) is 9.56. The molecule has 1 aliphatic rings. The van der Waals surface area contributed by atoms with E-state index in [2.05, 4.69) is 0 Å². The number of halogens is 1. The van der Waals surface area contributed by atoms with Gasteiger partial charge in [-0.1, -0.05) is 18.2 Å². The Morgan fingerprint density at radius 2 is 2.06 bits per heavy atom. The van der Waals surface area contributed by atoms with Crippen molar-refractivity contribution in [2.24, 2.45) is 5.92 Å². The van der Waals surface area contributed by atoms with Gasteiger partial charge in [-0.25, -0.2) is 12.8 Å². The summed E-state index contributed by atoms with van der Waals surface area (Å²) in [5.41, 5.74) is -1.64. The summed E-state index contributed by atoms with van der Waals surface area (Å²) in [6, 6.07) is 6.16. The maximum absolute atomic E-state index is 14.7. The highest BCUT2D eigenvalue weighted by Gasteiger charge is 2.44. The molecule has 1 fully saturated rings. The molecule has 2 rings (SSSR count). The quantitative estimate of drug-likeness (QED) is 0.883. The molecular weight excluding hydrogens is 243 g/mol. The van der Waals surface area contributed by atoms with Crippen LogP contribution in [0.1, 0.15) is 18.9 Å². The molecule has 1 aromatic rings. The summed E-state index contributed by atoms with van der Waals surface area (Å²) < 4.78 is 37.5. The molecule has 1 aliphatic heterocycles. The van der Waals surface area contributed by atoms with Gasteiger partial charge in [-0.3, -0.25) is 0 Å². The lowest BCUT2D eigenvalue weighted by molar-refractivity contribution is 0.112. The number of hydrogen-bond acceptors (Lipinski definition) is 3. The molecule has 2 atom stereocenters. The van der Waals surface area contributed by atoms with Crippen molar-refractivity contribution >= 4 is 9.84 Å². The van der Waals surface area contributed by atoms with Crippen molar-refractivity contribution in [3.05, 3.63) is 29.8 Å². The van der Waals surface area contributed by atoms with Crippen LogP contribution in [0.3, 0.4) is 0 Å². The number of aromatic hydroxyl groups is 1. The van der Waals surface area contributed by atoms with Gasteiger partial charge >= 0.3 is 0 Å². The normalized spacial score (nSPS) is 26.6. The third-order valence-corrected chi connectivity index (χ3v) is 5.20. The van der Waals surface area contributed by atoms with Crippen molar-refractivity contribution in [2.75, 3.05) is 11.5 Å². The Morgan fingerprint density at radius 1 is 1.41 bits per heavy atom. The zero-order valence-corrected chi connectivity index (χ0v) is 10.4. The zero-order chi connectivity index (χ0) is 12.7. The molecule has 0 saturated carbocycles. The minimum atomic E-state index is -3.12. The Kier molecular flexibility index (Phi) is 2.89. The van der Waals surface area contributed by atoms with E-state index >= 15 is 0 Å². The Balaban J connectivity index is 2.35. The lowest BCUT2D eigenvalue weighted by Crippen LogP contribution is -2.28. The lowest BCUT2D eigenvalue weighted by Gasteiger charge is -2.27. The Hall–Kier alpha value is -1.10. The van der Waals surface area contributed by atoms with Gasteiger partial charge in [0.25, 0.3) is 0 Å². The van der Waals surface area contributed by atoms with Crippen LogP contribution in [0.25, 0.3) is 0 Å². The average molecular weight is 258 g/mol. The number of sulfone groups is 1. The summed E-state index contributed by atoms with van der Waals surface area (Å²) in [7, 11) is -3.12. The second kappa shape index (κ2) is 3.98. The Bertz CT molecular complexity index is 522. The van der Waals surface area contributed by atoms with E-state index in [0.717, 1.165) is 0 Å². The Labute approximate surface area is 100 Å². The molecule has 0 amide bonds. The largest absolute Gasteiger partial charge is 0.508 e. The molecule has 5 heteroatoms. The molecule has 2 unspecified atom stereocenters. The van der Waals surface area contributed by atoms with Gasteiger partial charge in [-0.2, -0.15) is 0 Å². The number of phenolic OH excluding ortho intramolecular Hbond substituents is 1. The number of benzene rings is 1. The monoisotopic (exact) mass is 258 g/mol. The second-order valence-corrected chi connectivity index (χ2v) is 6.92. The molecule has 94 valence electrons.